The zero-order valence-corrected chi connectivity index (χ0v) is 21.7. The number of piperidine rings is 1. The number of aromatic amines is 1. The van der Waals surface area contributed by atoms with E-state index in [0.29, 0.717) is 12.2 Å². The average molecular weight is 518 g/mol. The summed E-state index contributed by atoms with van der Waals surface area (Å²) in [6, 6.07) is 16.3. The Morgan fingerprint density at radius 2 is 2.05 bits per heavy atom. The lowest BCUT2D eigenvalue weighted by Crippen LogP contribution is -2.74. The van der Waals surface area contributed by atoms with E-state index in [1.807, 2.05) is 24.3 Å². The number of aromatic nitrogens is 2. The molecule has 4 heterocycles. The van der Waals surface area contributed by atoms with Crippen LogP contribution in [0.4, 0.5) is 0 Å². The molecule has 4 aromatic rings. The molecule has 1 saturated carbocycles. The van der Waals surface area contributed by atoms with Crippen LogP contribution in [0.25, 0.3) is 23.1 Å². The van der Waals surface area contributed by atoms with Crippen molar-refractivity contribution in [3.8, 4) is 11.5 Å². The normalized spacial score (nSPS) is 30.4. The van der Waals surface area contributed by atoms with Gasteiger partial charge in [0.1, 0.15) is 0 Å². The molecule has 1 spiro atoms. The second kappa shape index (κ2) is 7.52. The Morgan fingerprint density at radius 3 is 2.90 bits per heavy atom. The van der Waals surface area contributed by atoms with Crippen molar-refractivity contribution in [1.82, 2.24) is 14.9 Å². The summed E-state index contributed by atoms with van der Waals surface area (Å²) in [5, 5.41) is 25.1. The van der Waals surface area contributed by atoms with Crippen molar-refractivity contribution in [3.63, 3.8) is 0 Å². The van der Waals surface area contributed by atoms with Crippen LogP contribution in [-0.2, 0) is 18.3 Å². The van der Waals surface area contributed by atoms with Gasteiger partial charge in [0.05, 0.1) is 22.4 Å². The summed E-state index contributed by atoms with van der Waals surface area (Å²) in [5.74, 6) is 1.52. The van der Waals surface area contributed by atoms with Gasteiger partial charge in [-0.3, -0.25) is 9.88 Å². The van der Waals surface area contributed by atoms with Crippen LogP contribution >= 0.6 is 0 Å². The smallest absolute Gasteiger partial charge is 0.166 e. The van der Waals surface area contributed by atoms with Gasteiger partial charge >= 0.3 is 0 Å². The van der Waals surface area contributed by atoms with E-state index in [1.165, 1.54) is 18.4 Å². The molecule has 39 heavy (non-hydrogen) atoms. The number of hydrogen-bond donors (Lipinski definition) is 3. The van der Waals surface area contributed by atoms with Crippen LogP contribution in [0, 0.1) is 5.92 Å². The molecule has 2 fully saturated rings. The van der Waals surface area contributed by atoms with Crippen molar-refractivity contribution in [1.29, 1.82) is 0 Å². The molecule has 0 unspecified atom stereocenters. The Balaban J connectivity index is 1.22. The van der Waals surface area contributed by atoms with E-state index >= 15 is 0 Å². The maximum absolute atomic E-state index is 13.0. The lowest BCUT2D eigenvalue weighted by Gasteiger charge is -2.62. The van der Waals surface area contributed by atoms with Crippen LogP contribution in [0.1, 0.15) is 59.0 Å². The maximum Gasteiger partial charge on any atom is 0.166 e. The van der Waals surface area contributed by atoms with E-state index in [4.69, 9.17) is 4.74 Å². The number of phenols is 1. The van der Waals surface area contributed by atoms with Crippen LogP contribution in [0.5, 0.6) is 11.5 Å². The van der Waals surface area contributed by atoms with Gasteiger partial charge in [0, 0.05) is 41.7 Å². The molecule has 6 nitrogen and oxygen atoms in total. The zero-order chi connectivity index (χ0) is 25.9. The number of fused-ring (bicyclic) bond motifs is 4. The Hall–Kier alpha value is -3.61. The number of aliphatic hydroxyl groups is 1. The third-order valence-corrected chi connectivity index (χ3v) is 10.3. The largest absolute Gasteiger partial charge is 0.504 e. The molecule has 2 aromatic carbocycles. The van der Waals surface area contributed by atoms with E-state index in [-0.39, 0.29) is 17.9 Å². The van der Waals surface area contributed by atoms with Gasteiger partial charge in [-0.25, -0.2) is 0 Å². The highest BCUT2D eigenvalue weighted by atomic mass is 16.5. The van der Waals surface area contributed by atoms with E-state index in [0.717, 1.165) is 70.8 Å². The van der Waals surface area contributed by atoms with Gasteiger partial charge in [0.25, 0.3) is 0 Å². The number of hydrogen-bond acceptors (Lipinski definition) is 5. The number of benzene rings is 2. The molecule has 5 aliphatic rings. The minimum atomic E-state index is -0.973. The van der Waals surface area contributed by atoms with Crippen molar-refractivity contribution in [2.75, 3.05) is 13.1 Å². The Kier molecular flexibility index (Phi) is 4.29. The van der Waals surface area contributed by atoms with Gasteiger partial charge in [-0.15, -0.1) is 0 Å². The predicted octanol–water partition coefficient (Wildman–Crippen LogP) is 5.14. The minimum Gasteiger partial charge on any atom is -0.504 e. The first-order valence-corrected chi connectivity index (χ1v) is 14.3. The number of nitrogens with zero attached hydrogens (tertiary/aromatic N) is 2. The van der Waals surface area contributed by atoms with Gasteiger partial charge in [0.2, 0.25) is 0 Å². The molecule has 4 atom stereocenters. The molecular weight excluding hydrogens is 486 g/mol. The molecule has 196 valence electrons. The molecule has 3 aliphatic carbocycles. The SMILES string of the molecule is Oc1ccc2c3c1O[C@H]1c4[nH]c5ccc(/C=C/c6ccccn6)cc5c4C[C@@]4(O)[C@H](C2)N(CC2CC2)CC[C@]314. The molecule has 0 amide bonds. The van der Waals surface area contributed by atoms with E-state index < -0.39 is 11.0 Å². The topological polar surface area (TPSA) is 81.6 Å². The third kappa shape index (κ3) is 2.86. The van der Waals surface area contributed by atoms with E-state index in [2.05, 4.69) is 45.2 Å². The number of likely N-dealkylation sites (tertiary alicyclic amines) is 1. The molecule has 0 radical (unpaired) electrons. The van der Waals surface area contributed by atoms with Crippen LogP contribution in [-0.4, -0.2) is 49.8 Å². The van der Waals surface area contributed by atoms with Crippen molar-refractivity contribution in [2.24, 2.45) is 5.92 Å². The number of aromatic hydroxyl groups is 1. The molecule has 1 saturated heterocycles. The number of pyridine rings is 1. The molecule has 2 bridgehead atoms. The van der Waals surface area contributed by atoms with Crippen LogP contribution < -0.4 is 4.74 Å². The number of nitrogens with one attached hydrogen (secondary N) is 1. The first-order chi connectivity index (χ1) is 19.0. The highest BCUT2D eigenvalue weighted by molar-refractivity contribution is 5.89. The summed E-state index contributed by atoms with van der Waals surface area (Å²) >= 11 is 0. The van der Waals surface area contributed by atoms with Gasteiger partial charge in [-0.1, -0.05) is 24.3 Å². The quantitative estimate of drug-likeness (QED) is 0.349. The number of H-pyrrole nitrogens is 1. The zero-order valence-electron chi connectivity index (χ0n) is 21.7. The first kappa shape index (κ1) is 22.2. The van der Waals surface area contributed by atoms with Crippen molar-refractivity contribution >= 4 is 23.1 Å². The fourth-order valence-electron chi connectivity index (χ4n) is 8.40. The summed E-state index contributed by atoms with van der Waals surface area (Å²) < 4.78 is 6.71. The minimum absolute atomic E-state index is 0.0336. The Morgan fingerprint density at radius 1 is 1.13 bits per heavy atom. The molecule has 2 aromatic heterocycles. The third-order valence-electron chi connectivity index (χ3n) is 10.3. The highest BCUT2D eigenvalue weighted by Gasteiger charge is 2.72. The second-order valence-corrected chi connectivity index (χ2v) is 12.3. The molecular formula is C33H31N3O3. The van der Waals surface area contributed by atoms with Gasteiger partial charge in [-0.2, -0.15) is 0 Å². The lowest BCUT2D eigenvalue weighted by atomic mass is 9.49. The molecule has 3 N–H and O–H groups in total. The van der Waals surface area contributed by atoms with Crippen molar-refractivity contribution in [3.05, 3.63) is 88.4 Å². The Bertz CT molecular complexity index is 1690. The van der Waals surface area contributed by atoms with Crippen LogP contribution in [0.15, 0.2) is 54.7 Å². The van der Waals surface area contributed by atoms with Crippen LogP contribution in [0.2, 0.25) is 0 Å². The second-order valence-electron chi connectivity index (χ2n) is 12.3. The lowest BCUT2D eigenvalue weighted by molar-refractivity contribution is -0.173. The monoisotopic (exact) mass is 517 g/mol. The summed E-state index contributed by atoms with van der Waals surface area (Å²) in [5.41, 5.74) is 6.02. The van der Waals surface area contributed by atoms with E-state index in [9.17, 15) is 10.2 Å². The van der Waals surface area contributed by atoms with E-state index in [1.54, 1.807) is 12.3 Å². The fourth-order valence-corrected chi connectivity index (χ4v) is 8.40. The van der Waals surface area contributed by atoms with Gasteiger partial charge in [0.15, 0.2) is 17.6 Å². The average Bonchev–Trinajstić information content (AvgIpc) is 3.59. The molecule has 9 rings (SSSR count). The molecule has 6 heteroatoms. The number of rotatable bonds is 4. The van der Waals surface area contributed by atoms with Crippen molar-refractivity contribution < 1.29 is 14.9 Å². The summed E-state index contributed by atoms with van der Waals surface area (Å²) in [6.45, 7) is 2.02. The van der Waals surface area contributed by atoms with Crippen LogP contribution in [0.3, 0.4) is 0 Å². The summed E-state index contributed by atoms with van der Waals surface area (Å²) in [6.07, 6.45) is 10.4. The molecule has 2 aliphatic heterocycles. The summed E-state index contributed by atoms with van der Waals surface area (Å²) in [7, 11) is 0. The maximum atomic E-state index is 13.0. The first-order valence-electron chi connectivity index (χ1n) is 14.3. The Labute approximate surface area is 227 Å². The van der Waals surface area contributed by atoms with Gasteiger partial charge < -0.3 is 19.9 Å². The highest BCUT2D eigenvalue weighted by Crippen LogP contribution is 2.69. The van der Waals surface area contributed by atoms with Gasteiger partial charge in [-0.05, 0) is 91.2 Å². The fraction of sp³-hybridized carbons (Fsp3) is 0.364. The number of phenolic OH excluding ortho intramolecular Hbond substituents is 1. The predicted molar refractivity (Wildman–Crippen MR) is 150 cm³/mol. The standard InChI is InChI=1S/C33H31N3O3/c37-26-11-8-21-16-27-33(38)17-24-23-15-19(6-9-22-3-1-2-13-34-22)7-10-25(23)35-29(24)31-32(33,28(21)30(26)39-31)12-14-36(27)18-20-4-5-20/h1-3,6-11,13,15,20,27,31,35,37-38H,4-5,12,14,16-18H2/b9-6+/t27-,31-,32-,33+/m0/s1. The van der Waals surface area contributed by atoms with Crippen molar-refractivity contribution in [2.45, 2.75) is 55.3 Å². The number of ether oxygens (including phenoxy) is 1. The summed E-state index contributed by atoms with van der Waals surface area (Å²) in [4.78, 5) is 10.7.